The molecule has 0 aliphatic heterocycles. The van der Waals surface area contributed by atoms with E-state index in [1.807, 2.05) is 0 Å². The highest BCUT2D eigenvalue weighted by molar-refractivity contribution is 9.10. The predicted molar refractivity (Wildman–Crippen MR) is 51.0 cm³/mol. The van der Waals surface area contributed by atoms with Crippen molar-refractivity contribution in [3.05, 3.63) is 28.2 Å². The molecule has 0 aliphatic carbocycles. The average molecular weight is 253 g/mol. The van der Waals surface area contributed by atoms with Gasteiger partial charge in [-0.1, -0.05) is 15.9 Å². The Labute approximate surface area is 83.5 Å². The molecule has 0 saturated heterocycles. The van der Waals surface area contributed by atoms with Crippen molar-refractivity contribution in [2.45, 2.75) is 17.7 Å². The second-order valence-corrected chi connectivity index (χ2v) is 4.02. The first-order valence-electron chi connectivity index (χ1n) is 3.27. The Balaban J connectivity index is 3.18. The van der Waals surface area contributed by atoms with Crippen LogP contribution in [-0.4, -0.2) is 0 Å². The Bertz CT molecular complexity index is 273. The first kappa shape index (κ1) is 9.99. The van der Waals surface area contributed by atoms with Crippen LogP contribution in [-0.2, 0) is 5.92 Å². The quantitative estimate of drug-likeness (QED) is 0.722. The van der Waals surface area contributed by atoms with E-state index >= 15 is 0 Å². The molecule has 0 N–H and O–H groups in total. The Hall–Kier alpha value is -0.0900. The highest BCUT2D eigenvalue weighted by atomic mass is 79.9. The van der Waals surface area contributed by atoms with Gasteiger partial charge in [0, 0.05) is 21.9 Å². The third kappa shape index (κ3) is 2.45. The zero-order valence-electron chi connectivity index (χ0n) is 6.31. The van der Waals surface area contributed by atoms with Gasteiger partial charge in [-0.25, -0.2) is 8.78 Å². The fourth-order valence-electron chi connectivity index (χ4n) is 0.828. The van der Waals surface area contributed by atoms with Crippen LogP contribution >= 0.6 is 28.6 Å². The maximum atomic E-state index is 12.8. The van der Waals surface area contributed by atoms with Crippen LogP contribution in [0.1, 0.15) is 12.5 Å². The molecular formula is C8H7BrF2S. The fourth-order valence-corrected chi connectivity index (χ4v) is 1.78. The molecule has 4 heteroatoms. The third-order valence-electron chi connectivity index (χ3n) is 1.39. The van der Waals surface area contributed by atoms with Gasteiger partial charge in [-0.2, -0.15) is 0 Å². The van der Waals surface area contributed by atoms with Gasteiger partial charge in [-0.15, -0.1) is 12.6 Å². The Morgan fingerprint density at radius 3 is 2.33 bits per heavy atom. The number of alkyl halides is 2. The summed E-state index contributed by atoms with van der Waals surface area (Å²) >= 11 is 7.12. The molecule has 12 heavy (non-hydrogen) atoms. The minimum absolute atomic E-state index is 0.0260. The molecule has 0 amide bonds. The molecule has 1 aromatic carbocycles. The molecule has 0 fully saturated rings. The van der Waals surface area contributed by atoms with Gasteiger partial charge in [0.1, 0.15) is 0 Å². The van der Waals surface area contributed by atoms with Crippen molar-refractivity contribution in [2.24, 2.45) is 0 Å². The maximum Gasteiger partial charge on any atom is 0.270 e. The zero-order chi connectivity index (χ0) is 9.35. The number of halogens is 3. The van der Waals surface area contributed by atoms with E-state index in [1.165, 1.54) is 12.1 Å². The molecule has 0 saturated carbocycles. The summed E-state index contributed by atoms with van der Waals surface area (Å²) in [6.45, 7) is 0.863. The molecular weight excluding hydrogens is 246 g/mol. The molecule has 66 valence electrons. The van der Waals surface area contributed by atoms with Crippen LogP contribution in [0.4, 0.5) is 8.78 Å². The number of benzene rings is 1. The van der Waals surface area contributed by atoms with Crippen molar-refractivity contribution in [2.75, 3.05) is 0 Å². The van der Waals surface area contributed by atoms with E-state index < -0.39 is 5.92 Å². The van der Waals surface area contributed by atoms with Crippen LogP contribution in [0.25, 0.3) is 0 Å². The van der Waals surface area contributed by atoms with Crippen molar-refractivity contribution in [1.82, 2.24) is 0 Å². The molecule has 0 atom stereocenters. The molecule has 0 nitrogen and oxygen atoms in total. The highest BCUT2D eigenvalue weighted by Gasteiger charge is 2.24. The minimum atomic E-state index is -2.80. The predicted octanol–water partition coefficient (Wildman–Crippen LogP) is 3.85. The van der Waals surface area contributed by atoms with Crippen molar-refractivity contribution in [3.8, 4) is 0 Å². The second kappa shape index (κ2) is 3.34. The van der Waals surface area contributed by atoms with Gasteiger partial charge in [0.05, 0.1) is 0 Å². The van der Waals surface area contributed by atoms with Gasteiger partial charge in [-0.05, 0) is 18.2 Å². The average Bonchev–Trinajstić information content (AvgIpc) is 1.82. The van der Waals surface area contributed by atoms with E-state index in [2.05, 4.69) is 28.6 Å². The zero-order valence-corrected chi connectivity index (χ0v) is 8.79. The van der Waals surface area contributed by atoms with E-state index in [0.29, 0.717) is 9.37 Å². The molecule has 0 aromatic heterocycles. The summed E-state index contributed by atoms with van der Waals surface area (Å²) in [5.41, 5.74) is -0.0260. The van der Waals surface area contributed by atoms with Crippen LogP contribution < -0.4 is 0 Å². The van der Waals surface area contributed by atoms with Crippen molar-refractivity contribution in [3.63, 3.8) is 0 Å². The Kier molecular flexibility index (Phi) is 2.78. The molecule has 0 aliphatic rings. The number of hydrogen-bond donors (Lipinski definition) is 1. The largest absolute Gasteiger partial charge is 0.270 e. The minimum Gasteiger partial charge on any atom is -0.202 e. The van der Waals surface area contributed by atoms with Crippen LogP contribution in [0, 0.1) is 0 Å². The van der Waals surface area contributed by atoms with E-state index in [1.54, 1.807) is 6.07 Å². The van der Waals surface area contributed by atoms with E-state index in [-0.39, 0.29) is 5.56 Å². The number of hydrogen-bond acceptors (Lipinski definition) is 1. The van der Waals surface area contributed by atoms with Crippen molar-refractivity contribution >= 4 is 28.6 Å². The highest BCUT2D eigenvalue weighted by Crippen LogP contribution is 2.30. The maximum absolute atomic E-state index is 12.8. The first-order chi connectivity index (χ1) is 5.39. The van der Waals surface area contributed by atoms with Crippen LogP contribution in [0.15, 0.2) is 27.6 Å². The summed E-state index contributed by atoms with van der Waals surface area (Å²) in [7, 11) is 0. The van der Waals surface area contributed by atoms with Gasteiger partial charge in [0.15, 0.2) is 0 Å². The normalized spacial score (nSPS) is 11.8. The van der Waals surface area contributed by atoms with Crippen molar-refractivity contribution < 1.29 is 8.78 Å². The van der Waals surface area contributed by atoms with Gasteiger partial charge in [-0.3, -0.25) is 0 Å². The first-order valence-corrected chi connectivity index (χ1v) is 4.51. The summed E-state index contributed by atoms with van der Waals surface area (Å²) in [5.74, 6) is -2.80. The Morgan fingerprint density at radius 1 is 1.33 bits per heavy atom. The topological polar surface area (TPSA) is 0 Å². The summed E-state index contributed by atoms with van der Waals surface area (Å²) < 4.78 is 26.1. The molecule has 0 heterocycles. The van der Waals surface area contributed by atoms with Crippen molar-refractivity contribution in [1.29, 1.82) is 0 Å². The lowest BCUT2D eigenvalue weighted by Gasteiger charge is -2.11. The molecule has 0 bridgehead atoms. The lowest BCUT2D eigenvalue weighted by atomic mass is 10.1. The van der Waals surface area contributed by atoms with Crippen LogP contribution in [0.2, 0.25) is 0 Å². The lowest BCUT2D eigenvalue weighted by Crippen LogP contribution is -2.06. The van der Waals surface area contributed by atoms with E-state index in [0.717, 1.165) is 6.92 Å². The monoisotopic (exact) mass is 252 g/mol. The SMILES string of the molecule is CC(F)(F)c1cc(S)cc(Br)c1. The summed E-state index contributed by atoms with van der Waals surface area (Å²) in [4.78, 5) is 0.529. The number of rotatable bonds is 1. The Morgan fingerprint density at radius 2 is 1.92 bits per heavy atom. The van der Waals surface area contributed by atoms with Gasteiger partial charge in [0.25, 0.3) is 5.92 Å². The fraction of sp³-hybridized carbons (Fsp3) is 0.250. The standard InChI is InChI=1S/C8H7BrF2S/c1-8(10,11)5-2-6(9)4-7(12)3-5/h2-4,12H,1H3. The van der Waals surface area contributed by atoms with Gasteiger partial charge < -0.3 is 0 Å². The summed E-state index contributed by atoms with van der Waals surface area (Å²) in [5, 5.41) is 0. The smallest absolute Gasteiger partial charge is 0.202 e. The lowest BCUT2D eigenvalue weighted by molar-refractivity contribution is 0.0172. The molecule has 1 aromatic rings. The third-order valence-corrected chi connectivity index (χ3v) is 2.11. The molecule has 0 unspecified atom stereocenters. The van der Waals surface area contributed by atoms with Crippen LogP contribution in [0.3, 0.4) is 0 Å². The van der Waals surface area contributed by atoms with E-state index in [4.69, 9.17) is 0 Å². The molecule has 0 spiro atoms. The molecule has 1 rings (SSSR count). The van der Waals surface area contributed by atoms with E-state index in [9.17, 15) is 8.78 Å². The van der Waals surface area contributed by atoms with Crippen LogP contribution in [0.5, 0.6) is 0 Å². The number of thiol groups is 1. The molecule has 0 radical (unpaired) electrons. The summed E-state index contributed by atoms with van der Waals surface area (Å²) in [6.07, 6.45) is 0. The summed E-state index contributed by atoms with van der Waals surface area (Å²) in [6, 6.07) is 4.41. The second-order valence-electron chi connectivity index (χ2n) is 2.59. The van der Waals surface area contributed by atoms with Gasteiger partial charge >= 0.3 is 0 Å². The van der Waals surface area contributed by atoms with Gasteiger partial charge in [0.2, 0.25) is 0 Å².